The standard InChI is InChI=1S/C18H15N3O3S/c1-11-4-2-3-5-13(11)20-17(22)14-9-25-18(21-14)19-12-6-7-15-16(8-12)24-10-23-15/h2-9H,10H2,1H3,(H,19,21)(H,20,22). The second-order valence-corrected chi connectivity index (χ2v) is 6.36. The summed E-state index contributed by atoms with van der Waals surface area (Å²) in [6.07, 6.45) is 0. The van der Waals surface area contributed by atoms with Crippen molar-refractivity contribution in [2.24, 2.45) is 0 Å². The van der Waals surface area contributed by atoms with Gasteiger partial charge in [-0.25, -0.2) is 4.98 Å². The van der Waals surface area contributed by atoms with Gasteiger partial charge >= 0.3 is 0 Å². The van der Waals surface area contributed by atoms with Crippen LogP contribution in [-0.2, 0) is 0 Å². The van der Waals surface area contributed by atoms with Crippen LogP contribution in [0.1, 0.15) is 16.1 Å². The van der Waals surface area contributed by atoms with Crippen LogP contribution >= 0.6 is 11.3 Å². The molecule has 1 aliphatic heterocycles. The third-order valence-electron chi connectivity index (χ3n) is 3.75. The monoisotopic (exact) mass is 353 g/mol. The molecule has 0 saturated heterocycles. The molecule has 1 aromatic heterocycles. The second-order valence-electron chi connectivity index (χ2n) is 5.50. The van der Waals surface area contributed by atoms with Crippen molar-refractivity contribution < 1.29 is 14.3 Å². The molecule has 0 fully saturated rings. The van der Waals surface area contributed by atoms with Gasteiger partial charge in [0.1, 0.15) is 5.69 Å². The summed E-state index contributed by atoms with van der Waals surface area (Å²) in [6.45, 7) is 2.18. The van der Waals surface area contributed by atoms with Crippen LogP contribution in [-0.4, -0.2) is 17.7 Å². The molecule has 126 valence electrons. The number of anilines is 3. The van der Waals surface area contributed by atoms with Gasteiger partial charge in [-0.1, -0.05) is 18.2 Å². The number of ether oxygens (including phenoxy) is 2. The Bertz CT molecular complexity index is 939. The lowest BCUT2D eigenvalue weighted by Crippen LogP contribution is -2.13. The summed E-state index contributed by atoms with van der Waals surface area (Å²) >= 11 is 1.37. The highest BCUT2D eigenvalue weighted by Crippen LogP contribution is 2.35. The minimum atomic E-state index is -0.232. The maximum Gasteiger partial charge on any atom is 0.275 e. The molecule has 0 radical (unpaired) electrons. The minimum Gasteiger partial charge on any atom is -0.454 e. The van der Waals surface area contributed by atoms with Crippen LogP contribution in [0.3, 0.4) is 0 Å². The van der Waals surface area contributed by atoms with Gasteiger partial charge in [0.15, 0.2) is 16.6 Å². The van der Waals surface area contributed by atoms with Gasteiger partial charge in [-0.05, 0) is 30.7 Å². The number of amides is 1. The van der Waals surface area contributed by atoms with Crippen LogP contribution in [0.2, 0.25) is 0 Å². The predicted octanol–water partition coefficient (Wildman–Crippen LogP) is 4.18. The van der Waals surface area contributed by atoms with Gasteiger partial charge in [0, 0.05) is 22.8 Å². The van der Waals surface area contributed by atoms with E-state index in [-0.39, 0.29) is 12.7 Å². The number of hydrogen-bond donors (Lipinski definition) is 2. The highest BCUT2D eigenvalue weighted by molar-refractivity contribution is 7.14. The van der Waals surface area contributed by atoms with E-state index in [2.05, 4.69) is 15.6 Å². The smallest absolute Gasteiger partial charge is 0.275 e. The van der Waals surface area contributed by atoms with Gasteiger partial charge in [0.05, 0.1) is 0 Å². The fraction of sp³-hybridized carbons (Fsp3) is 0.111. The average molecular weight is 353 g/mol. The molecule has 0 aliphatic carbocycles. The number of fused-ring (bicyclic) bond motifs is 1. The van der Waals surface area contributed by atoms with Crippen LogP contribution in [0.4, 0.5) is 16.5 Å². The Morgan fingerprint density at radius 1 is 1.16 bits per heavy atom. The number of aromatic nitrogens is 1. The van der Waals surface area contributed by atoms with Gasteiger partial charge < -0.3 is 20.1 Å². The first-order chi connectivity index (χ1) is 12.2. The summed E-state index contributed by atoms with van der Waals surface area (Å²) in [5.74, 6) is 1.19. The van der Waals surface area contributed by atoms with Crippen LogP contribution in [0.15, 0.2) is 47.8 Å². The van der Waals surface area contributed by atoms with Gasteiger partial charge in [-0.2, -0.15) is 0 Å². The maximum absolute atomic E-state index is 12.4. The Hall–Kier alpha value is -3.06. The Morgan fingerprint density at radius 3 is 2.88 bits per heavy atom. The molecule has 2 N–H and O–H groups in total. The summed E-state index contributed by atoms with van der Waals surface area (Å²) in [7, 11) is 0. The molecule has 0 unspecified atom stereocenters. The summed E-state index contributed by atoms with van der Waals surface area (Å²) in [6, 6.07) is 13.2. The number of hydrogen-bond acceptors (Lipinski definition) is 6. The van der Waals surface area contributed by atoms with E-state index in [9.17, 15) is 4.79 Å². The molecule has 6 nitrogen and oxygen atoms in total. The van der Waals surface area contributed by atoms with E-state index in [1.165, 1.54) is 11.3 Å². The zero-order valence-corrected chi connectivity index (χ0v) is 14.2. The lowest BCUT2D eigenvalue weighted by atomic mass is 10.2. The van der Waals surface area contributed by atoms with Crippen molar-refractivity contribution in [3.63, 3.8) is 0 Å². The largest absolute Gasteiger partial charge is 0.454 e. The Balaban J connectivity index is 1.46. The van der Waals surface area contributed by atoms with Crippen molar-refractivity contribution in [2.75, 3.05) is 17.4 Å². The number of carbonyl (C=O) groups is 1. The predicted molar refractivity (Wildman–Crippen MR) is 97.1 cm³/mol. The van der Waals surface area contributed by atoms with Gasteiger partial charge in [-0.3, -0.25) is 4.79 Å². The lowest BCUT2D eigenvalue weighted by molar-refractivity contribution is 0.102. The molecule has 0 atom stereocenters. The summed E-state index contributed by atoms with van der Waals surface area (Å²) in [5, 5.41) is 8.41. The Kier molecular flexibility index (Phi) is 3.99. The Labute approximate surface area is 148 Å². The van der Waals surface area contributed by atoms with Crippen molar-refractivity contribution in [1.82, 2.24) is 4.98 Å². The minimum absolute atomic E-state index is 0.232. The quantitative estimate of drug-likeness (QED) is 0.736. The Morgan fingerprint density at radius 2 is 2.00 bits per heavy atom. The second kappa shape index (κ2) is 6.45. The first kappa shape index (κ1) is 15.5. The highest BCUT2D eigenvalue weighted by atomic mass is 32.1. The van der Waals surface area contributed by atoms with Crippen molar-refractivity contribution in [2.45, 2.75) is 6.92 Å². The van der Waals surface area contributed by atoms with Gasteiger partial charge in [-0.15, -0.1) is 11.3 Å². The van der Waals surface area contributed by atoms with E-state index in [1.807, 2.05) is 49.4 Å². The van der Waals surface area contributed by atoms with Crippen LogP contribution in [0.5, 0.6) is 11.5 Å². The van der Waals surface area contributed by atoms with Crippen molar-refractivity contribution in [3.05, 3.63) is 59.1 Å². The summed E-state index contributed by atoms with van der Waals surface area (Å²) < 4.78 is 10.6. The maximum atomic E-state index is 12.4. The molecular formula is C18H15N3O3S. The van der Waals surface area contributed by atoms with Crippen molar-refractivity contribution >= 4 is 33.8 Å². The van der Waals surface area contributed by atoms with Crippen molar-refractivity contribution in [1.29, 1.82) is 0 Å². The third-order valence-corrected chi connectivity index (χ3v) is 4.51. The molecule has 7 heteroatoms. The third kappa shape index (κ3) is 3.27. The number of nitrogens with zero attached hydrogens (tertiary/aromatic N) is 1. The fourth-order valence-corrected chi connectivity index (χ4v) is 3.14. The zero-order chi connectivity index (χ0) is 17.2. The molecule has 25 heavy (non-hydrogen) atoms. The molecule has 2 heterocycles. The summed E-state index contributed by atoms with van der Waals surface area (Å²) in [5.41, 5.74) is 2.98. The average Bonchev–Trinajstić information content (AvgIpc) is 3.26. The van der Waals surface area contributed by atoms with E-state index in [0.29, 0.717) is 16.6 Å². The van der Waals surface area contributed by atoms with E-state index in [0.717, 1.165) is 22.7 Å². The molecule has 3 aromatic rings. The van der Waals surface area contributed by atoms with Gasteiger partial charge in [0.25, 0.3) is 5.91 Å². The number of nitrogens with one attached hydrogen (secondary N) is 2. The van der Waals surface area contributed by atoms with E-state index in [4.69, 9.17) is 9.47 Å². The summed E-state index contributed by atoms with van der Waals surface area (Å²) in [4.78, 5) is 16.7. The number of benzene rings is 2. The molecule has 0 bridgehead atoms. The molecule has 2 aromatic carbocycles. The zero-order valence-electron chi connectivity index (χ0n) is 13.4. The van der Waals surface area contributed by atoms with E-state index in [1.54, 1.807) is 5.38 Å². The molecule has 0 spiro atoms. The SMILES string of the molecule is Cc1ccccc1NC(=O)c1csc(Nc2ccc3c(c2)OCO3)n1. The molecule has 4 rings (SSSR count). The van der Waals surface area contributed by atoms with Gasteiger partial charge in [0.2, 0.25) is 6.79 Å². The topological polar surface area (TPSA) is 72.5 Å². The molecule has 1 aliphatic rings. The highest BCUT2D eigenvalue weighted by Gasteiger charge is 2.15. The number of para-hydroxylation sites is 1. The molecule has 0 saturated carbocycles. The first-order valence-corrected chi connectivity index (χ1v) is 8.56. The first-order valence-electron chi connectivity index (χ1n) is 7.68. The van der Waals surface area contributed by atoms with Crippen LogP contribution < -0.4 is 20.1 Å². The number of aryl methyl sites for hydroxylation is 1. The van der Waals surface area contributed by atoms with Crippen LogP contribution in [0.25, 0.3) is 0 Å². The number of thiazole rings is 1. The lowest BCUT2D eigenvalue weighted by Gasteiger charge is -2.06. The number of rotatable bonds is 4. The fourth-order valence-electron chi connectivity index (χ4n) is 2.43. The van der Waals surface area contributed by atoms with E-state index >= 15 is 0 Å². The molecular weight excluding hydrogens is 338 g/mol. The molecule has 1 amide bonds. The normalized spacial score (nSPS) is 12.0. The number of carbonyl (C=O) groups excluding carboxylic acids is 1. The van der Waals surface area contributed by atoms with Crippen molar-refractivity contribution in [3.8, 4) is 11.5 Å². The van der Waals surface area contributed by atoms with E-state index < -0.39 is 0 Å². The van der Waals surface area contributed by atoms with Crippen LogP contribution in [0, 0.1) is 6.92 Å².